The Morgan fingerprint density at radius 3 is 2.62 bits per heavy atom. The Labute approximate surface area is 90.8 Å². The lowest BCUT2D eigenvalue weighted by molar-refractivity contribution is 0.679. The molecule has 1 aliphatic rings. The van der Waals surface area contributed by atoms with E-state index in [0.29, 0.717) is 11.1 Å². The molecule has 2 nitrogen and oxygen atoms in total. The SMILES string of the molecule is Clc1nnc(C2CCCC2)cc1Br. The molecule has 0 radical (unpaired) electrons. The van der Waals surface area contributed by atoms with Gasteiger partial charge in [0.05, 0.1) is 10.2 Å². The molecule has 1 heterocycles. The molecule has 1 aromatic rings. The van der Waals surface area contributed by atoms with Crippen LogP contribution in [0.1, 0.15) is 37.3 Å². The first-order valence-corrected chi connectivity index (χ1v) is 5.63. The number of aromatic nitrogens is 2. The summed E-state index contributed by atoms with van der Waals surface area (Å²) in [6, 6.07) is 1.99. The molecule has 1 aliphatic carbocycles. The molecule has 0 spiro atoms. The van der Waals surface area contributed by atoms with Gasteiger partial charge in [-0.2, -0.15) is 5.10 Å². The first kappa shape index (κ1) is 9.41. The van der Waals surface area contributed by atoms with E-state index in [-0.39, 0.29) is 0 Å². The van der Waals surface area contributed by atoms with Gasteiger partial charge in [-0.25, -0.2) is 0 Å². The standard InChI is InChI=1S/C9H10BrClN2/c10-7-5-8(12-13-9(7)11)6-3-1-2-4-6/h5-6H,1-4H2. The largest absolute Gasteiger partial charge is 0.165 e. The van der Waals surface area contributed by atoms with Gasteiger partial charge >= 0.3 is 0 Å². The van der Waals surface area contributed by atoms with Crippen molar-refractivity contribution < 1.29 is 0 Å². The number of nitrogens with zero attached hydrogens (tertiary/aromatic N) is 2. The summed E-state index contributed by atoms with van der Waals surface area (Å²) in [4.78, 5) is 0. The van der Waals surface area contributed by atoms with Crippen molar-refractivity contribution in [1.82, 2.24) is 10.2 Å². The zero-order valence-electron chi connectivity index (χ0n) is 7.13. The van der Waals surface area contributed by atoms with Gasteiger partial charge in [-0.15, -0.1) is 5.10 Å². The minimum absolute atomic E-state index is 0.446. The fourth-order valence-corrected chi connectivity index (χ4v) is 2.19. The molecular formula is C9H10BrClN2. The van der Waals surface area contributed by atoms with Crippen LogP contribution in [0.2, 0.25) is 5.15 Å². The van der Waals surface area contributed by atoms with E-state index >= 15 is 0 Å². The van der Waals surface area contributed by atoms with Crippen molar-refractivity contribution in [2.24, 2.45) is 0 Å². The van der Waals surface area contributed by atoms with E-state index in [1.807, 2.05) is 6.07 Å². The van der Waals surface area contributed by atoms with Crippen LogP contribution >= 0.6 is 27.5 Å². The van der Waals surface area contributed by atoms with Crippen LogP contribution in [0.4, 0.5) is 0 Å². The molecule has 0 aromatic carbocycles. The van der Waals surface area contributed by atoms with Crippen LogP contribution in [0.5, 0.6) is 0 Å². The Balaban J connectivity index is 2.25. The van der Waals surface area contributed by atoms with Crippen LogP contribution < -0.4 is 0 Å². The fraction of sp³-hybridized carbons (Fsp3) is 0.556. The van der Waals surface area contributed by atoms with Crippen LogP contribution in [-0.4, -0.2) is 10.2 Å². The summed E-state index contributed by atoms with van der Waals surface area (Å²) in [5.41, 5.74) is 1.08. The smallest absolute Gasteiger partial charge is 0.154 e. The summed E-state index contributed by atoms with van der Waals surface area (Å²) in [6.45, 7) is 0. The molecule has 2 rings (SSSR count). The van der Waals surface area contributed by atoms with Crippen molar-refractivity contribution in [2.45, 2.75) is 31.6 Å². The van der Waals surface area contributed by atoms with Crippen molar-refractivity contribution >= 4 is 27.5 Å². The summed E-state index contributed by atoms with van der Waals surface area (Å²) in [5, 5.41) is 8.45. The van der Waals surface area contributed by atoms with Gasteiger partial charge in [0, 0.05) is 5.92 Å². The van der Waals surface area contributed by atoms with Crippen LogP contribution in [0.3, 0.4) is 0 Å². The number of rotatable bonds is 1. The Hall–Kier alpha value is -0.150. The van der Waals surface area contributed by atoms with E-state index in [1.165, 1.54) is 25.7 Å². The highest BCUT2D eigenvalue weighted by Gasteiger charge is 2.19. The fourth-order valence-electron chi connectivity index (χ4n) is 1.79. The third kappa shape index (κ3) is 2.02. The lowest BCUT2D eigenvalue weighted by atomic mass is 10.0. The molecule has 0 atom stereocenters. The zero-order chi connectivity index (χ0) is 9.26. The predicted molar refractivity (Wildman–Crippen MR) is 56.0 cm³/mol. The minimum Gasteiger partial charge on any atom is -0.154 e. The molecule has 0 unspecified atom stereocenters. The van der Waals surface area contributed by atoms with E-state index < -0.39 is 0 Å². The second-order valence-corrected chi connectivity index (χ2v) is 4.60. The molecule has 4 heteroatoms. The van der Waals surface area contributed by atoms with Crippen LogP contribution in [-0.2, 0) is 0 Å². The average Bonchev–Trinajstić information content (AvgIpc) is 2.62. The van der Waals surface area contributed by atoms with Gasteiger partial charge in [0.1, 0.15) is 0 Å². The third-order valence-electron chi connectivity index (χ3n) is 2.50. The maximum atomic E-state index is 5.77. The van der Waals surface area contributed by atoms with Gasteiger partial charge in [0.2, 0.25) is 0 Å². The van der Waals surface area contributed by atoms with E-state index in [2.05, 4.69) is 26.1 Å². The average molecular weight is 262 g/mol. The Bertz CT molecular complexity index is 310. The second-order valence-electron chi connectivity index (χ2n) is 3.39. The highest BCUT2D eigenvalue weighted by atomic mass is 79.9. The molecule has 0 saturated heterocycles. The Kier molecular flexibility index (Phi) is 2.84. The summed E-state index contributed by atoms with van der Waals surface area (Å²) < 4.78 is 0.853. The predicted octanol–water partition coefficient (Wildman–Crippen LogP) is 3.55. The van der Waals surface area contributed by atoms with Gasteiger partial charge in [-0.05, 0) is 34.8 Å². The molecule has 1 fully saturated rings. The van der Waals surface area contributed by atoms with Crippen LogP contribution in [0.25, 0.3) is 0 Å². The Morgan fingerprint density at radius 1 is 1.31 bits per heavy atom. The normalized spacial score (nSPS) is 18.0. The van der Waals surface area contributed by atoms with Gasteiger partial charge in [-0.1, -0.05) is 24.4 Å². The molecular weight excluding hydrogens is 251 g/mol. The minimum atomic E-state index is 0.446. The summed E-state index contributed by atoms with van der Waals surface area (Å²) in [7, 11) is 0. The van der Waals surface area contributed by atoms with Gasteiger partial charge in [0.15, 0.2) is 5.15 Å². The van der Waals surface area contributed by atoms with Gasteiger partial charge < -0.3 is 0 Å². The first-order chi connectivity index (χ1) is 6.27. The van der Waals surface area contributed by atoms with Crippen molar-refractivity contribution in [3.63, 3.8) is 0 Å². The number of hydrogen-bond acceptors (Lipinski definition) is 2. The van der Waals surface area contributed by atoms with Crippen molar-refractivity contribution in [1.29, 1.82) is 0 Å². The quantitative estimate of drug-likeness (QED) is 0.772. The van der Waals surface area contributed by atoms with Gasteiger partial charge in [-0.3, -0.25) is 0 Å². The van der Waals surface area contributed by atoms with Crippen molar-refractivity contribution in [3.05, 3.63) is 21.4 Å². The molecule has 0 aliphatic heterocycles. The molecule has 70 valence electrons. The van der Waals surface area contributed by atoms with Crippen LogP contribution in [0, 0.1) is 0 Å². The molecule has 1 aromatic heterocycles. The maximum Gasteiger partial charge on any atom is 0.165 e. The molecule has 0 bridgehead atoms. The van der Waals surface area contributed by atoms with Gasteiger partial charge in [0.25, 0.3) is 0 Å². The van der Waals surface area contributed by atoms with Crippen molar-refractivity contribution in [2.75, 3.05) is 0 Å². The summed E-state index contributed by atoms with van der Waals surface area (Å²) in [5.74, 6) is 0.598. The molecule has 1 saturated carbocycles. The maximum absolute atomic E-state index is 5.77. The molecule has 0 N–H and O–H groups in total. The van der Waals surface area contributed by atoms with E-state index in [0.717, 1.165) is 10.2 Å². The van der Waals surface area contributed by atoms with Crippen LogP contribution in [0.15, 0.2) is 10.5 Å². The highest BCUT2D eigenvalue weighted by molar-refractivity contribution is 9.10. The number of hydrogen-bond donors (Lipinski definition) is 0. The monoisotopic (exact) mass is 260 g/mol. The topological polar surface area (TPSA) is 25.8 Å². The highest BCUT2D eigenvalue weighted by Crippen LogP contribution is 2.34. The lowest BCUT2D eigenvalue weighted by Crippen LogP contribution is -1.98. The Morgan fingerprint density at radius 2 is 2.00 bits per heavy atom. The third-order valence-corrected chi connectivity index (χ3v) is 3.61. The molecule has 13 heavy (non-hydrogen) atoms. The van der Waals surface area contributed by atoms with Crippen molar-refractivity contribution in [3.8, 4) is 0 Å². The lowest BCUT2D eigenvalue weighted by Gasteiger charge is -2.07. The molecule has 0 amide bonds. The summed E-state index contributed by atoms with van der Waals surface area (Å²) >= 11 is 9.13. The van der Waals surface area contributed by atoms with E-state index in [4.69, 9.17) is 11.6 Å². The number of halogens is 2. The van der Waals surface area contributed by atoms with E-state index in [9.17, 15) is 0 Å². The first-order valence-electron chi connectivity index (χ1n) is 4.46. The van der Waals surface area contributed by atoms with E-state index in [1.54, 1.807) is 0 Å². The zero-order valence-corrected chi connectivity index (χ0v) is 9.48. The summed E-state index contributed by atoms with van der Waals surface area (Å²) in [6.07, 6.45) is 5.10. The second kappa shape index (κ2) is 3.93.